The number of piperidine rings is 1. The van der Waals surface area contributed by atoms with Crippen molar-refractivity contribution in [1.29, 1.82) is 0 Å². The van der Waals surface area contributed by atoms with Crippen LogP contribution < -0.4 is 15.0 Å². The van der Waals surface area contributed by atoms with E-state index >= 15 is 0 Å². The fourth-order valence-electron chi connectivity index (χ4n) is 4.17. The van der Waals surface area contributed by atoms with Crippen LogP contribution in [0.2, 0.25) is 0 Å². The molecule has 6 heteroatoms. The Kier molecular flexibility index (Phi) is 4.19. The summed E-state index contributed by atoms with van der Waals surface area (Å²) in [6.07, 6.45) is 3.88. The minimum absolute atomic E-state index is 0.199. The molecule has 2 aliphatic heterocycles. The molecule has 6 nitrogen and oxygen atoms in total. The quantitative estimate of drug-likeness (QED) is 0.831. The highest BCUT2D eigenvalue weighted by Crippen LogP contribution is 2.43. The van der Waals surface area contributed by atoms with Crippen molar-refractivity contribution >= 4 is 23.3 Å². The molecule has 1 atom stereocenters. The van der Waals surface area contributed by atoms with Gasteiger partial charge in [0.2, 0.25) is 11.8 Å². The first kappa shape index (κ1) is 16.1. The number of amides is 2. The third-order valence-electron chi connectivity index (χ3n) is 5.48. The van der Waals surface area contributed by atoms with Crippen LogP contribution >= 0.6 is 0 Å². The van der Waals surface area contributed by atoms with Crippen molar-refractivity contribution in [3.05, 3.63) is 23.8 Å². The van der Waals surface area contributed by atoms with Gasteiger partial charge in [-0.2, -0.15) is 0 Å². The second-order valence-electron chi connectivity index (χ2n) is 7.02. The van der Waals surface area contributed by atoms with Gasteiger partial charge in [0, 0.05) is 19.3 Å². The molecule has 1 aliphatic carbocycles. The lowest BCUT2D eigenvalue weighted by molar-refractivity contribution is -0.134. The zero-order valence-corrected chi connectivity index (χ0v) is 14.1. The fourth-order valence-corrected chi connectivity index (χ4v) is 4.17. The highest BCUT2D eigenvalue weighted by atomic mass is 16.5. The number of fused-ring (bicyclic) bond motifs is 1. The van der Waals surface area contributed by atoms with Crippen molar-refractivity contribution in [3.8, 4) is 5.75 Å². The lowest BCUT2D eigenvalue weighted by Gasteiger charge is -2.39. The van der Waals surface area contributed by atoms with Crippen molar-refractivity contribution in [1.82, 2.24) is 5.32 Å². The zero-order valence-electron chi connectivity index (χ0n) is 14.1. The highest BCUT2D eigenvalue weighted by Gasteiger charge is 2.36. The van der Waals surface area contributed by atoms with Crippen LogP contribution in [-0.4, -0.2) is 36.8 Å². The number of rotatable bonds is 2. The molecule has 25 heavy (non-hydrogen) atoms. The van der Waals surface area contributed by atoms with Crippen LogP contribution in [0.5, 0.6) is 5.75 Å². The van der Waals surface area contributed by atoms with Crippen LogP contribution in [0.25, 0.3) is 0 Å². The lowest BCUT2D eigenvalue weighted by atomic mass is 9.82. The summed E-state index contributed by atoms with van der Waals surface area (Å²) in [6, 6.07) is 5.73. The van der Waals surface area contributed by atoms with Crippen LogP contribution in [0.3, 0.4) is 0 Å². The van der Waals surface area contributed by atoms with E-state index in [0.29, 0.717) is 50.5 Å². The van der Waals surface area contributed by atoms with Gasteiger partial charge in [-0.3, -0.25) is 19.7 Å². The van der Waals surface area contributed by atoms with Crippen molar-refractivity contribution in [2.75, 3.05) is 18.1 Å². The number of ether oxygens (including phenoxy) is 1. The van der Waals surface area contributed by atoms with Gasteiger partial charge in [0.25, 0.3) is 0 Å². The number of carbonyl (C=O) groups excluding carboxylic acids is 3. The van der Waals surface area contributed by atoms with E-state index < -0.39 is 0 Å². The van der Waals surface area contributed by atoms with Crippen molar-refractivity contribution in [2.24, 2.45) is 0 Å². The Hall–Kier alpha value is -2.37. The maximum atomic E-state index is 12.3. The summed E-state index contributed by atoms with van der Waals surface area (Å²) < 4.78 is 5.99. The summed E-state index contributed by atoms with van der Waals surface area (Å²) in [7, 11) is 0. The van der Waals surface area contributed by atoms with E-state index in [1.54, 1.807) is 0 Å². The predicted molar refractivity (Wildman–Crippen MR) is 91.7 cm³/mol. The molecule has 1 aromatic rings. The molecule has 1 saturated carbocycles. The van der Waals surface area contributed by atoms with Crippen molar-refractivity contribution in [3.63, 3.8) is 0 Å². The number of carbonyl (C=O) groups is 3. The Morgan fingerprint density at radius 3 is 2.60 bits per heavy atom. The van der Waals surface area contributed by atoms with Gasteiger partial charge >= 0.3 is 0 Å². The molecule has 132 valence electrons. The highest BCUT2D eigenvalue weighted by molar-refractivity contribution is 6.02. The minimum atomic E-state index is -0.330. The molecular weight excluding hydrogens is 320 g/mol. The van der Waals surface area contributed by atoms with Gasteiger partial charge in [-0.05, 0) is 36.8 Å². The van der Waals surface area contributed by atoms with E-state index in [2.05, 4.69) is 16.3 Å². The Morgan fingerprint density at radius 2 is 1.84 bits per heavy atom. The number of benzene rings is 1. The number of nitrogens with zero attached hydrogens (tertiary/aromatic N) is 1. The standard InChI is InChI=1S/C19H22N2O4/c22-13-6-4-12(5-7-13)14-2-1-3-15-18(14)25-11-10-21(15)16-8-9-17(23)20-19(16)24/h1-3,12,16H,4-11H2,(H,20,23,24)/t16-/m1/s1. The number of imide groups is 1. The van der Waals surface area contributed by atoms with Gasteiger partial charge in [-0.15, -0.1) is 0 Å². The first-order valence-corrected chi connectivity index (χ1v) is 9.01. The summed E-state index contributed by atoms with van der Waals surface area (Å²) >= 11 is 0. The monoisotopic (exact) mass is 342 g/mol. The summed E-state index contributed by atoms with van der Waals surface area (Å²) in [5, 5.41) is 2.44. The summed E-state index contributed by atoms with van der Waals surface area (Å²) in [5.41, 5.74) is 2.07. The van der Waals surface area contributed by atoms with E-state index in [4.69, 9.17) is 4.74 Å². The molecule has 1 N–H and O–H groups in total. The Labute approximate surface area is 146 Å². The Balaban J connectivity index is 1.64. The largest absolute Gasteiger partial charge is 0.489 e. The summed E-state index contributed by atoms with van der Waals surface area (Å²) in [6.45, 7) is 1.15. The molecule has 1 saturated heterocycles. The van der Waals surface area contributed by atoms with Crippen molar-refractivity contribution in [2.45, 2.75) is 50.5 Å². The summed E-state index contributed by atoms with van der Waals surface area (Å²) in [5.74, 6) is 1.09. The Morgan fingerprint density at radius 1 is 1.04 bits per heavy atom. The van der Waals surface area contributed by atoms with Crippen LogP contribution in [0.4, 0.5) is 5.69 Å². The number of Topliss-reactive ketones (excluding diaryl/α,β-unsaturated/α-hetero) is 1. The average Bonchev–Trinajstić information content (AvgIpc) is 2.62. The number of hydrogen-bond donors (Lipinski definition) is 1. The molecule has 0 bridgehead atoms. The predicted octanol–water partition coefficient (Wildman–Crippen LogP) is 1.92. The molecule has 2 fully saturated rings. The van der Waals surface area contributed by atoms with E-state index in [-0.39, 0.29) is 17.9 Å². The average molecular weight is 342 g/mol. The molecule has 3 aliphatic rings. The van der Waals surface area contributed by atoms with E-state index in [0.717, 1.165) is 29.8 Å². The van der Waals surface area contributed by atoms with Gasteiger partial charge < -0.3 is 9.64 Å². The number of anilines is 1. The van der Waals surface area contributed by atoms with E-state index in [9.17, 15) is 14.4 Å². The smallest absolute Gasteiger partial charge is 0.249 e. The number of nitrogens with one attached hydrogen (secondary N) is 1. The molecule has 4 rings (SSSR count). The minimum Gasteiger partial charge on any atom is -0.489 e. The summed E-state index contributed by atoms with van der Waals surface area (Å²) in [4.78, 5) is 37.3. The maximum Gasteiger partial charge on any atom is 0.249 e. The number of hydrogen-bond acceptors (Lipinski definition) is 5. The third-order valence-corrected chi connectivity index (χ3v) is 5.48. The third kappa shape index (κ3) is 3.01. The van der Waals surface area contributed by atoms with Gasteiger partial charge in [0.1, 0.15) is 24.2 Å². The van der Waals surface area contributed by atoms with Crippen LogP contribution in [0, 0.1) is 0 Å². The molecular formula is C19H22N2O4. The molecule has 2 heterocycles. The molecule has 0 spiro atoms. The number of ketones is 1. The van der Waals surface area contributed by atoms with Crippen LogP contribution in [-0.2, 0) is 14.4 Å². The second-order valence-corrected chi connectivity index (χ2v) is 7.02. The molecule has 2 amide bonds. The first-order valence-electron chi connectivity index (χ1n) is 9.01. The fraction of sp³-hybridized carbons (Fsp3) is 0.526. The Bertz CT molecular complexity index is 720. The zero-order chi connectivity index (χ0) is 17.4. The second kappa shape index (κ2) is 6.50. The van der Waals surface area contributed by atoms with E-state index in [1.807, 2.05) is 12.1 Å². The van der Waals surface area contributed by atoms with Crippen LogP contribution in [0.15, 0.2) is 18.2 Å². The number of para-hydroxylation sites is 1. The molecule has 0 unspecified atom stereocenters. The normalized spacial score (nSPS) is 24.6. The van der Waals surface area contributed by atoms with Gasteiger partial charge in [-0.1, -0.05) is 12.1 Å². The van der Waals surface area contributed by atoms with Crippen LogP contribution in [0.1, 0.15) is 50.0 Å². The lowest BCUT2D eigenvalue weighted by Crippen LogP contribution is -2.54. The molecule has 0 aromatic heterocycles. The maximum absolute atomic E-state index is 12.3. The van der Waals surface area contributed by atoms with Gasteiger partial charge in [0.05, 0.1) is 12.2 Å². The first-order chi connectivity index (χ1) is 12.1. The SMILES string of the molecule is O=C1CCC(c2cccc3c2OCCN3[C@@H]2CCC(=O)NC2=O)CC1. The topological polar surface area (TPSA) is 75.7 Å². The van der Waals surface area contributed by atoms with Gasteiger partial charge in [0.15, 0.2) is 0 Å². The van der Waals surface area contributed by atoms with E-state index in [1.165, 1.54) is 0 Å². The van der Waals surface area contributed by atoms with Gasteiger partial charge in [-0.25, -0.2) is 0 Å². The molecule has 0 radical (unpaired) electrons. The molecule has 1 aromatic carbocycles. The van der Waals surface area contributed by atoms with Crippen molar-refractivity contribution < 1.29 is 19.1 Å².